The van der Waals surface area contributed by atoms with Crippen LogP contribution in [0.1, 0.15) is 31.9 Å². The van der Waals surface area contributed by atoms with Crippen LogP contribution in [0.25, 0.3) is 6.08 Å². The van der Waals surface area contributed by atoms with Crippen molar-refractivity contribution in [1.29, 1.82) is 0 Å². The van der Waals surface area contributed by atoms with Crippen LogP contribution in [0, 0.1) is 0 Å². The Labute approximate surface area is 178 Å². The van der Waals surface area contributed by atoms with Crippen molar-refractivity contribution in [3.8, 4) is 0 Å². The minimum Gasteiger partial charge on any atom is -0.395 e. The van der Waals surface area contributed by atoms with Crippen molar-refractivity contribution >= 4 is 41.4 Å². The summed E-state index contributed by atoms with van der Waals surface area (Å²) in [6.07, 6.45) is 4.20. The maximum absolute atomic E-state index is 6.49. The van der Waals surface area contributed by atoms with Gasteiger partial charge in [0.1, 0.15) is 5.01 Å². The van der Waals surface area contributed by atoms with Crippen LogP contribution < -0.4 is 10.4 Å². The zero-order valence-electron chi connectivity index (χ0n) is 16.7. The van der Waals surface area contributed by atoms with E-state index in [4.69, 9.17) is 4.43 Å². The fraction of sp³-hybridized carbons (Fsp3) is 0.200. The molecule has 144 valence electrons. The summed E-state index contributed by atoms with van der Waals surface area (Å²) >= 11 is 3.70. The van der Waals surface area contributed by atoms with Gasteiger partial charge in [0.25, 0.3) is 0 Å². The van der Waals surface area contributed by atoms with Crippen molar-refractivity contribution in [2.75, 3.05) is 0 Å². The van der Waals surface area contributed by atoms with Gasteiger partial charge < -0.3 is 4.43 Å². The fourth-order valence-electron chi connectivity index (χ4n) is 3.06. The van der Waals surface area contributed by atoms with Gasteiger partial charge in [0, 0.05) is 0 Å². The second kappa shape index (κ2) is 9.51. The van der Waals surface area contributed by atoms with Gasteiger partial charge in [0.15, 0.2) is 0 Å². The van der Waals surface area contributed by atoms with Crippen LogP contribution in [0.15, 0.2) is 91.0 Å². The zero-order valence-corrected chi connectivity index (χ0v) is 19.4. The first-order valence-corrected chi connectivity index (χ1v) is 12.2. The van der Waals surface area contributed by atoms with E-state index in [0.29, 0.717) is 0 Å². The van der Waals surface area contributed by atoms with Crippen molar-refractivity contribution in [1.82, 2.24) is 0 Å². The molecule has 1 nitrogen and oxygen atoms in total. The van der Waals surface area contributed by atoms with Crippen molar-refractivity contribution in [3.05, 3.63) is 102 Å². The molecule has 0 saturated heterocycles. The van der Waals surface area contributed by atoms with E-state index in [1.807, 2.05) is 12.1 Å². The monoisotopic (exact) mass is 450 g/mol. The molecule has 3 aromatic rings. The Morgan fingerprint density at radius 1 is 0.786 bits per heavy atom. The van der Waals surface area contributed by atoms with Gasteiger partial charge in [-0.05, 0) is 33.0 Å². The van der Waals surface area contributed by atoms with E-state index in [1.165, 1.54) is 21.5 Å². The van der Waals surface area contributed by atoms with Gasteiger partial charge in [-0.15, -0.1) is 0 Å². The maximum Gasteiger partial charge on any atom is 0.241 e. The number of halogens is 1. The summed E-state index contributed by atoms with van der Waals surface area (Å²) in [6, 6.07) is 29.8. The molecule has 0 radical (unpaired) electrons. The smallest absolute Gasteiger partial charge is 0.241 e. The Hall–Kier alpha value is -1.94. The first kappa shape index (κ1) is 20.8. The van der Waals surface area contributed by atoms with Crippen molar-refractivity contribution in [2.45, 2.75) is 31.2 Å². The lowest BCUT2D eigenvalue weighted by Crippen LogP contribution is -2.46. The molecule has 1 atom stereocenters. The van der Waals surface area contributed by atoms with Gasteiger partial charge >= 0.3 is 0 Å². The lowest BCUT2D eigenvalue weighted by atomic mass is 9.87. The SMILES string of the molecule is CC(C)(C)c1ccc(C=CC(Br)O[SiH](c2ccccc2)c2ccccc2)cc1. The first-order valence-electron chi connectivity index (χ1n) is 9.62. The van der Waals surface area contributed by atoms with Crippen LogP contribution in [-0.2, 0) is 9.84 Å². The molecule has 0 aromatic heterocycles. The highest BCUT2D eigenvalue weighted by molar-refractivity contribution is 9.09. The summed E-state index contributed by atoms with van der Waals surface area (Å²) in [4.78, 5) is 0. The number of rotatable bonds is 6. The largest absolute Gasteiger partial charge is 0.395 e. The number of hydrogen-bond donors (Lipinski definition) is 0. The number of benzene rings is 3. The van der Waals surface area contributed by atoms with Crippen LogP contribution in [0.2, 0.25) is 0 Å². The molecule has 0 bridgehead atoms. The van der Waals surface area contributed by atoms with E-state index in [1.54, 1.807) is 0 Å². The van der Waals surface area contributed by atoms with Gasteiger partial charge in [0.2, 0.25) is 9.04 Å². The summed E-state index contributed by atoms with van der Waals surface area (Å²) in [5.41, 5.74) is 2.70. The lowest BCUT2D eigenvalue weighted by Gasteiger charge is -2.20. The van der Waals surface area contributed by atoms with Gasteiger partial charge in [0.05, 0.1) is 0 Å². The van der Waals surface area contributed by atoms with E-state index >= 15 is 0 Å². The molecule has 1 unspecified atom stereocenters. The van der Waals surface area contributed by atoms with Crippen molar-refractivity contribution in [2.24, 2.45) is 0 Å². The van der Waals surface area contributed by atoms with Crippen LogP contribution in [0.5, 0.6) is 0 Å². The van der Waals surface area contributed by atoms with Gasteiger partial charge in [-0.25, -0.2) is 0 Å². The standard InChI is InChI=1S/C25H27BrOSi/c1-25(2,3)21-17-14-20(15-18-21)16-19-24(26)27-28(22-10-6-4-7-11-22)23-12-8-5-9-13-23/h4-19,24,28H,1-3H3. The Morgan fingerprint density at radius 2 is 1.29 bits per heavy atom. The quantitative estimate of drug-likeness (QED) is 0.366. The van der Waals surface area contributed by atoms with Crippen molar-refractivity contribution in [3.63, 3.8) is 0 Å². The third kappa shape index (κ3) is 5.78. The molecule has 0 spiro atoms. The second-order valence-corrected chi connectivity index (χ2v) is 11.2. The Morgan fingerprint density at radius 3 is 1.75 bits per heavy atom. The molecule has 0 amide bonds. The lowest BCUT2D eigenvalue weighted by molar-refractivity contribution is 0.357. The maximum atomic E-state index is 6.49. The molecule has 3 heteroatoms. The van der Waals surface area contributed by atoms with Gasteiger partial charge in [-0.3, -0.25) is 0 Å². The van der Waals surface area contributed by atoms with E-state index in [-0.39, 0.29) is 10.4 Å². The van der Waals surface area contributed by atoms with Gasteiger partial charge in [-0.2, -0.15) is 0 Å². The van der Waals surface area contributed by atoms with E-state index < -0.39 is 9.04 Å². The topological polar surface area (TPSA) is 9.23 Å². The summed E-state index contributed by atoms with van der Waals surface area (Å²) < 4.78 is 6.49. The molecule has 28 heavy (non-hydrogen) atoms. The van der Waals surface area contributed by atoms with Crippen LogP contribution in [0.3, 0.4) is 0 Å². The number of alkyl halides is 1. The Bertz CT molecular complexity index is 844. The number of hydrogen-bond acceptors (Lipinski definition) is 1. The molecule has 0 saturated carbocycles. The van der Waals surface area contributed by atoms with Crippen LogP contribution in [0.4, 0.5) is 0 Å². The highest BCUT2D eigenvalue weighted by atomic mass is 79.9. The summed E-state index contributed by atoms with van der Waals surface area (Å²) in [6.45, 7) is 6.70. The molecule has 3 aromatic carbocycles. The predicted molar refractivity (Wildman–Crippen MR) is 127 cm³/mol. The molecule has 0 aliphatic carbocycles. The zero-order chi connectivity index (χ0) is 20.0. The van der Waals surface area contributed by atoms with Crippen LogP contribution >= 0.6 is 15.9 Å². The highest BCUT2D eigenvalue weighted by Gasteiger charge is 2.20. The Balaban J connectivity index is 1.73. The summed E-state index contributed by atoms with van der Waals surface area (Å²) in [5.74, 6) is 0. The Kier molecular flexibility index (Phi) is 7.06. The molecule has 0 aliphatic heterocycles. The molecular weight excluding hydrogens is 424 g/mol. The van der Waals surface area contributed by atoms with Crippen molar-refractivity contribution < 1.29 is 4.43 Å². The average Bonchev–Trinajstić information content (AvgIpc) is 2.71. The minimum atomic E-state index is -1.76. The highest BCUT2D eigenvalue weighted by Crippen LogP contribution is 2.22. The van der Waals surface area contributed by atoms with E-state index in [2.05, 4.69) is 122 Å². The third-order valence-corrected chi connectivity index (χ3v) is 8.15. The normalized spacial score (nSPS) is 13.2. The minimum absolute atomic E-state index is 0.133. The molecule has 3 rings (SSSR count). The molecular formula is C25H27BrOSi. The summed E-state index contributed by atoms with van der Waals surface area (Å²) in [5, 5.41) is 2.43. The van der Waals surface area contributed by atoms with Gasteiger partial charge in [-0.1, -0.05) is 128 Å². The molecule has 0 aliphatic rings. The van der Waals surface area contributed by atoms with E-state index in [0.717, 1.165) is 0 Å². The predicted octanol–water partition coefficient (Wildman–Crippen LogP) is 5.27. The molecule has 0 fully saturated rings. The fourth-order valence-corrected chi connectivity index (χ4v) is 6.06. The molecule has 0 N–H and O–H groups in total. The first-order chi connectivity index (χ1) is 13.4. The van der Waals surface area contributed by atoms with E-state index in [9.17, 15) is 0 Å². The molecule has 0 heterocycles. The van der Waals surface area contributed by atoms with Crippen LogP contribution in [-0.4, -0.2) is 14.1 Å². The second-order valence-electron chi connectivity index (χ2n) is 7.92. The average molecular weight is 451 g/mol. The third-order valence-electron chi connectivity index (χ3n) is 4.69. The summed E-state index contributed by atoms with van der Waals surface area (Å²) in [7, 11) is -1.76.